The van der Waals surface area contributed by atoms with Crippen LogP contribution in [0.4, 0.5) is 10.5 Å². The lowest BCUT2D eigenvalue weighted by Gasteiger charge is -2.22. The maximum absolute atomic E-state index is 11.9. The number of nitrogens with one attached hydrogen (secondary N) is 1. The zero-order chi connectivity index (χ0) is 16.2. The topological polar surface area (TPSA) is 94.2 Å². The number of hydrogen-bond acceptors (Lipinski definition) is 6. The molecule has 0 saturated heterocycles. The van der Waals surface area contributed by atoms with Crippen LogP contribution in [0.1, 0.15) is 6.92 Å². The number of ether oxygens (including phenoxy) is 3. The van der Waals surface area contributed by atoms with Gasteiger partial charge in [-0.05, 0) is 19.1 Å². The molecule has 9 heteroatoms. The largest absolute Gasteiger partial charge is 0.454 e. The Labute approximate surface area is 129 Å². The Kier molecular flexibility index (Phi) is 4.96. The van der Waals surface area contributed by atoms with Crippen molar-refractivity contribution in [2.24, 2.45) is 0 Å². The van der Waals surface area contributed by atoms with Crippen LogP contribution >= 0.6 is 0 Å². The van der Waals surface area contributed by atoms with Gasteiger partial charge in [-0.1, -0.05) is 0 Å². The predicted molar refractivity (Wildman–Crippen MR) is 79.8 cm³/mol. The Morgan fingerprint density at radius 3 is 2.77 bits per heavy atom. The lowest BCUT2D eigenvalue weighted by molar-refractivity contribution is 0.152. The second-order valence-electron chi connectivity index (χ2n) is 4.52. The number of amides is 1. The standard InChI is InChI=1S/C13H18N2O6S/c1-3-19-13(16)14-6-7-15(22(2,17)18)10-4-5-11-12(8-10)21-9-20-11/h4-5,8H,3,6-7,9H2,1-2H3,(H,14,16). The van der Waals surface area contributed by atoms with Crippen molar-refractivity contribution in [3.63, 3.8) is 0 Å². The highest BCUT2D eigenvalue weighted by atomic mass is 32.2. The quantitative estimate of drug-likeness (QED) is 0.834. The molecule has 0 unspecified atom stereocenters. The molecule has 0 radical (unpaired) electrons. The first kappa shape index (κ1) is 16.2. The van der Waals surface area contributed by atoms with Crippen LogP contribution in [0.2, 0.25) is 0 Å². The van der Waals surface area contributed by atoms with Crippen molar-refractivity contribution in [3.05, 3.63) is 18.2 Å². The molecule has 0 atom stereocenters. The molecule has 2 rings (SSSR count). The molecule has 0 fully saturated rings. The summed E-state index contributed by atoms with van der Waals surface area (Å²) in [5, 5.41) is 2.49. The Balaban J connectivity index is 2.09. The minimum absolute atomic E-state index is 0.0806. The van der Waals surface area contributed by atoms with E-state index in [2.05, 4.69) is 5.32 Å². The van der Waals surface area contributed by atoms with E-state index in [1.807, 2.05) is 0 Å². The summed E-state index contributed by atoms with van der Waals surface area (Å²) < 4.78 is 40.2. The summed E-state index contributed by atoms with van der Waals surface area (Å²) in [5.74, 6) is 1.06. The van der Waals surface area contributed by atoms with Gasteiger partial charge in [-0.3, -0.25) is 4.31 Å². The summed E-state index contributed by atoms with van der Waals surface area (Å²) in [6, 6.07) is 4.86. The van der Waals surface area contributed by atoms with Gasteiger partial charge >= 0.3 is 6.09 Å². The van der Waals surface area contributed by atoms with E-state index in [9.17, 15) is 13.2 Å². The fraction of sp³-hybridized carbons (Fsp3) is 0.462. The minimum Gasteiger partial charge on any atom is -0.454 e. The fourth-order valence-electron chi connectivity index (χ4n) is 1.97. The van der Waals surface area contributed by atoms with Crippen LogP contribution in [0.15, 0.2) is 18.2 Å². The maximum atomic E-state index is 11.9. The van der Waals surface area contributed by atoms with E-state index in [1.165, 1.54) is 4.31 Å². The normalized spacial score (nSPS) is 12.8. The Hall–Kier alpha value is -2.16. The molecule has 1 N–H and O–H groups in total. The summed E-state index contributed by atoms with van der Waals surface area (Å²) in [7, 11) is -3.50. The van der Waals surface area contributed by atoms with Gasteiger partial charge in [0.05, 0.1) is 25.1 Å². The van der Waals surface area contributed by atoms with Crippen LogP contribution in [-0.2, 0) is 14.8 Å². The zero-order valence-electron chi connectivity index (χ0n) is 12.4. The first-order valence-corrected chi connectivity index (χ1v) is 8.54. The van der Waals surface area contributed by atoms with E-state index in [0.29, 0.717) is 17.2 Å². The van der Waals surface area contributed by atoms with E-state index in [-0.39, 0.29) is 26.5 Å². The number of hydrogen-bond donors (Lipinski definition) is 1. The number of rotatable bonds is 6. The van der Waals surface area contributed by atoms with Crippen molar-refractivity contribution in [2.45, 2.75) is 6.92 Å². The fourth-order valence-corrected chi connectivity index (χ4v) is 2.89. The third kappa shape index (κ3) is 3.94. The number of carbonyl (C=O) groups excluding carboxylic acids is 1. The number of alkyl carbamates (subject to hydrolysis) is 1. The average Bonchev–Trinajstić information content (AvgIpc) is 2.89. The first-order chi connectivity index (χ1) is 10.4. The molecule has 22 heavy (non-hydrogen) atoms. The number of benzene rings is 1. The summed E-state index contributed by atoms with van der Waals surface area (Å²) in [4.78, 5) is 11.2. The van der Waals surface area contributed by atoms with Crippen LogP contribution < -0.4 is 19.1 Å². The molecule has 0 aromatic heterocycles. The van der Waals surface area contributed by atoms with Gasteiger partial charge in [0.15, 0.2) is 11.5 Å². The van der Waals surface area contributed by atoms with E-state index >= 15 is 0 Å². The molecule has 1 amide bonds. The molecule has 0 aliphatic carbocycles. The number of carbonyl (C=O) groups is 1. The third-order valence-corrected chi connectivity index (χ3v) is 4.10. The van der Waals surface area contributed by atoms with Crippen LogP contribution in [0.5, 0.6) is 11.5 Å². The second-order valence-corrected chi connectivity index (χ2v) is 6.43. The Bertz CT molecular complexity index is 646. The highest BCUT2D eigenvalue weighted by molar-refractivity contribution is 7.92. The van der Waals surface area contributed by atoms with Crippen molar-refractivity contribution in [3.8, 4) is 11.5 Å². The van der Waals surface area contributed by atoms with E-state index < -0.39 is 16.1 Å². The van der Waals surface area contributed by atoms with Gasteiger partial charge in [-0.25, -0.2) is 13.2 Å². The molecule has 0 bridgehead atoms. The zero-order valence-corrected chi connectivity index (χ0v) is 13.2. The lowest BCUT2D eigenvalue weighted by atomic mass is 10.3. The van der Waals surface area contributed by atoms with Crippen LogP contribution in [0.25, 0.3) is 0 Å². The second kappa shape index (κ2) is 6.73. The maximum Gasteiger partial charge on any atom is 0.407 e. The molecular weight excluding hydrogens is 312 g/mol. The van der Waals surface area contributed by atoms with Gasteiger partial charge < -0.3 is 19.5 Å². The van der Waals surface area contributed by atoms with Crippen LogP contribution in [-0.4, -0.2) is 47.3 Å². The lowest BCUT2D eigenvalue weighted by Crippen LogP contribution is -2.38. The van der Waals surface area contributed by atoms with E-state index in [0.717, 1.165) is 6.26 Å². The predicted octanol–water partition coefficient (Wildman–Crippen LogP) is 0.927. The molecule has 122 valence electrons. The van der Waals surface area contributed by atoms with Gasteiger partial charge in [0.25, 0.3) is 0 Å². The number of fused-ring (bicyclic) bond motifs is 1. The molecule has 8 nitrogen and oxygen atoms in total. The molecule has 0 saturated carbocycles. The molecule has 0 spiro atoms. The first-order valence-electron chi connectivity index (χ1n) is 6.70. The number of anilines is 1. The van der Waals surface area contributed by atoms with Gasteiger partial charge in [-0.2, -0.15) is 0 Å². The van der Waals surface area contributed by atoms with E-state index in [1.54, 1.807) is 25.1 Å². The Morgan fingerprint density at radius 1 is 1.36 bits per heavy atom. The summed E-state index contributed by atoms with van der Waals surface area (Å²) >= 11 is 0. The van der Waals surface area contributed by atoms with Crippen molar-refractivity contribution in [2.75, 3.05) is 37.1 Å². The third-order valence-electron chi connectivity index (χ3n) is 2.90. The summed E-state index contributed by atoms with van der Waals surface area (Å²) in [6.07, 6.45) is 0.517. The molecular formula is C13H18N2O6S. The monoisotopic (exact) mass is 330 g/mol. The smallest absolute Gasteiger partial charge is 0.407 e. The van der Waals surface area contributed by atoms with Crippen LogP contribution in [0.3, 0.4) is 0 Å². The molecule has 1 aromatic rings. The minimum atomic E-state index is -3.50. The van der Waals surface area contributed by atoms with Gasteiger partial charge in [0.2, 0.25) is 16.8 Å². The van der Waals surface area contributed by atoms with Gasteiger partial charge in [0, 0.05) is 12.6 Å². The van der Waals surface area contributed by atoms with Crippen LogP contribution in [0, 0.1) is 0 Å². The number of nitrogens with zero attached hydrogens (tertiary/aromatic N) is 1. The van der Waals surface area contributed by atoms with E-state index in [4.69, 9.17) is 14.2 Å². The van der Waals surface area contributed by atoms with Crippen molar-refractivity contribution in [1.29, 1.82) is 0 Å². The average molecular weight is 330 g/mol. The molecule has 1 aliphatic rings. The Morgan fingerprint density at radius 2 is 2.09 bits per heavy atom. The van der Waals surface area contributed by atoms with Crippen molar-refractivity contribution >= 4 is 21.8 Å². The molecule has 1 heterocycles. The number of sulfonamides is 1. The highest BCUT2D eigenvalue weighted by Crippen LogP contribution is 2.35. The SMILES string of the molecule is CCOC(=O)NCCN(c1ccc2c(c1)OCO2)S(C)(=O)=O. The molecule has 1 aliphatic heterocycles. The summed E-state index contributed by atoms with van der Waals surface area (Å²) in [6.45, 7) is 2.26. The summed E-state index contributed by atoms with van der Waals surface area (Å²) in [5.41, 5.74) is 0.442. The highest BCUT2D eigenvalue weighted by Gasteiger charge is 2.21. The molecule has 1 aromatic carbocycles. The van der Waals surface area contributed by atoms with Gasteiger partial charge in [0.1, 0.15) is 0 Å². The van der Waals surface area contributed by atoms with Gasteiger partial charge in [-0.15, -0.1) is 0 Å². The van der Waals surface area contributed by atoms with Crippen molar-refractivity contribution < 1.29 is 27.4 Å². The van der Waals surface area contributed by atoms with Crippen molar-refractivity contribution in [1.82, 2.24) is 5.32 Å².